The zero-order valence-electron chi connectivity index (χ0n) is 9.75. The van der Waals surface area contributed by atoms with Gasteiger partial charge in [0.05, 0.1) is 6.04 Å². The highest BCUT2D eigenvalue weighted by atomic mass is 15.2. The van der Waals surface area contributed by atoms with Gasteiger partial charge in [0.25, 0.3) is 0 Å². The van der Waals surface area contributed by atoms with Gasteiger partial charge in [-0.3, -0.25) is 5.84 Å². The summed E-state index contributed by atoms with van der Waals surface area (Å²) in [6, 6.07) is 8.55. The van der Waals surface area contributed by atoms with Gasteiger partial charge in [-0.1, -0.05) is 50.3 Å². The maximum Gasteiger partial charge on any atom is 0.0664 e. The Bertz CT molecular complexity index is 325. The zero-order valence-corrected chi connectivity index (χ0v) is 9.75. The summed E-state index contributed by atoms with van der Waals surface area (Å²) < 4.78 is 0. The van der Waals surface area contributed by atoms with E-state index in [2.05, 4.69) is 50.1 Å². The van der Waals surface area contributed by atoms with Crippen LogP contribution in [-0.2, 0) is 0 Å². The molecule has 82 valence electrons. The van der Waals surface area contributed by atoms with Gasteiger partial charge in [0.2, 0.25) is 0 Å². The van der Waals surface area contributed by atoms with Crippen LogP contribution in [0.1, 0.15) is 43.9 Å². The lowest BCUT2D eigenvalue weighted by molar-refractivity contribution is 0.626. The normalized spacial score (nSPS) is 12.9. The number of hydrogen-bond acceptors (Lipinski definition) is 2. The van der Waals surface area contributed by atoms with Crippen LogP contribution in [0.25, 0.3) is 0 Å². The first-order chi connectivity index (χ1) is 7.06. The molecule has 0 saturated carbocycles. The fraction of sp³-hybridized carbons (Fsp3) is 0.385. The second kappa shape index (κ2) is 5.10. The topological polar surface area (TPSA) is 38.0 Å². The molecule has 15 heavy (non-hydrogen) atoms. The molecule has 0 saturated heterocycles. The first kappa shape index (κ1) is 12.0. The van der Waals surface area contributed by atoms with Crippen molar-refractivity contribution in [1.82, 2.24) is 5.43 Å². The molecule has 0 radical (unpaired) electrons. The molecule has 3 N–H and O–H groups in total. The molecule has 1 aromatic carbocycles. The number of hydrazine groups is 1. The molecule has 0 aliphatic carbocycles. The molecule has 0 heterocycles. The van der Waals surface area contributed by atoms with Crippen LogP contribution in [0.3, 0.4) is 0 Å². The molecule has 1 unspecified atom stereocenters. The fourth-order valence-electron chi connectivity index (χ4n) is 1.60. The van der Waals surface area contributed by atoms with Crippen LogP contribution < -0.4 is 11.3 Å². The van der Waals surface area contributed by atoms with Crippen LogP contribution in [0.2, 0.25) is 0 Å². The molecule has 0 aliphatic heterocycles. The average molecular weight is 204 g/mol. The van der Waals surface area contributed by atoms with Crippen molar-refractivity contribution < 1.29 is 0 Å². The molecule has 2 heteroatoms. The van der Waals surface area contributed by atoms with Gasteiger partial charge in [0, 0.05) is 0 Å². The van der Waals surface area contributed by atoms with Crippen LogP contribution >= 0.6 is 0 Å². The van der Waals surface area contributed by atoms with E-state index in [0.29, 0.717) is 5.92 Å². The van der Waals surface area contributed by atoms with Crippen molar-refractivity contribution in [2.75, 3.05) is 0 Å². The Balaban J connectivity index is 2.92. The smallest absolute Gasteiger partial charge is 0.0664 e. The van der Waals surface area contributed by atoms with E-state index in [-0.39, 0.29) is 6.04 Å². The van der Waals surface area contributed by atoms with Gasteiger partial charge >= 0.3 is 0 Å². The van der Waals surface area contributed by atoms with Gasteiger partial charge in [-0.2, -0.15) is 0 Å². The molecule has 0 spiro atoms. The van der Waals surface area contributed by atoms with Crippen molar-refractivity contribution in [2.45, 2.75) is 32.7 Å². The Labute approximate surface area is 92.2 Å². The summed E-state index contributed by atoms with van der Waals surface area (Å²) >= 11 is 0. The molecule has 2 nitrogen and oxygen atoms in total. The van der Waals surface area contributed by atoms with Crippen molar-refractivity contribution in [3.63, 3.8) is 0 Å². The van der Waals surface area contributed by atoms with E-state index in [4.69, 9.17) is 5.84 Å². The second-order valence-electron chi connectivity index (χ2n) is 4.27. The minimum Gasteiger partial charge on any atom is -0.271 e. The van der Waals surface area contributed by atoms with Crippen LogP contribution in [0.4, 0.5) is 0 Å². The molecule has 1 atom stereocenters. The van der Waals surface area contributed by atoms with Crippen molar-refractivity contribution in [3.05, 3.63) is 47.5 Å². The molecule has 0 aliphatic rings. The number of nitrogens with one attached hydrogen (secondary N) is 1. The summed E-state index contributed by atoms with van der Waals surface area (Å²) in [4.78, 5) is 0. The number of hydrogen-bond donors (Lipinski definition) is 2. The van der Waals surface area contributed by atoms with E-state index in [9.17, 15) is 0 Å². The largest absolute Gasteiger partial charge is 0.271 e. The van der Waals surface area contributed by atoms with Crippen LogP contribution in [-0.4, -0.2) is 0 Å². The summed E-state index contributed by atoms with van der Waals surface area (Å²) in [5, 5.41) is 0. The fourth-order valence-corrected chi connectivity index (χ4v) is 1.60. The summed E-state index contributed by atoms with van der Waals surface area (Å²) in [7, 11) is 0. The summed E-state index contributed by atoms with van der Waals surface area (Å²) in [5.74, 6) is 6.06. The van der Waals surface area contributed by atoms with Gasteiger partial charge < -0.3 is 0 Å². The highest BCUT2D eigenvalue weighted by Gasteiger charge is 2.09. The first-order valence-electron chi connectivity index (χ1n) is 5.27. The van der Waals surface area contributed by atoms with Crippen LogP contribution in [0.5, 0.6) is 0 Å². The van der Waals surface area contributed by atoms with Gasteiger partial charge in [-0.25, -0.2) is 5.43 Å². The molecular formula is C13H20N2. The van der Waals surface area contributed by atoms with Gasteiger partial charge in [0.1, 0.15) is 0 Å². The summed E-state index contributed by atoms with van der Waals surface area (Å²) in [6.45, 7) is 10.3. The average Bonchev–Trinajstić information content (AvgIpc) is 2.19. The molecular weight excluding hydrogens is 184 g/mol. The highest BCUT2D eigenvalue weighted by Crippen LogP contribution is 2.21. The molecule has 1 rings (SSSR count). The standard InChI is InChI=1S/C13H20N2/c1-9(2)11-5-7-12(8-6-11)13(15-14)10(3)4/h5-9,13,15H,3,14H2,1-2,4H3. The number of rotatable bonds is 4. The second-order valence-corrected chi connectivity index (χ2v) is 4.27. The molecule has 0 aromatic heterocycles. The Hall–Kier alpha value is -1.12. The Morgan fingerprint density at radius 2 is 1.67 bits per heavy atom. The first-order valence-corrected chi connectivity index (χ1v) is 5.27. The molecule has 0 bridgehead atoms. The van der Waals surface area contributed by atoms with Crippen LogP contribution in [0.15, 0.2) is 36.4 Å². The highest BCUT2D eigenvalue weighted by molar-refractivity contribution is 5.30. The van der Waals surface area contributed by atoms with Gasteiger partial charge in [0.15, 0.2) is 0 Å². The third-order valence-corrected chi connectivity index (χ3v) is 2.60. The quantitative estimate of drug-likeness (QED) is 0.449. The predicted octanol–water partition coefficient (Wildman–Crippen LogP) is 2.89. The molecule has 0 amide bonds. The van der Waals surface area contributed by atoms with E-state index in [1.165, 1.54) is 5.56 Å². The van der Waals surface area contributed by atoms with E-state index >= 15 is 0 Å². The van der Waals surface area contributed by atoms with Crippen LogP contribution in [0, 0.1) is 0 Å². The third-order valence-electron chi connectivity index (χ3n) is 2.60. The monoisotopic (exact) mass is 204 g/mol. The lowest BCUT2D eigenvalue weighted by Crippen LogP contribution is -2.28. The Morgan fingerprint density at radius 3 is 2.00 bits per heavy atom. The van der Waals surface area contributed by atoms with E-state index < -0.39 is 0 Å². The number of nitrogens with two attached hydrogens (primary N) is 1. The summed E-state index contributed by atoms with van der Waals surface area (Å²) in [5.41, 5.74) is 6.30. The SMILES string of the molecule is C=C(C)C(NN)c1ccc(C(C)C)cc1. The predicted molar refractivity (Wildman–Crippen MR) is 65.4 cm³/mol. The lowest BCUT2D eigenvalue weighted by atomic mass is 9.97. The zero-order chi connectivity index (χ0) is 11.4. The number of benzene rings is 1. The van der Waals surface area contributed by atoms with Crippen molar-refractivity contribution in [3.8, 4) is 0 Å². The van der Waals surface area contributed by atoms with Gasteiger partial charge in [-0.05, 0) is 24.0 Å². The third kappa shape index (κ3) is 2.91. The minimum absolute atomic E-state index is 0.0474. The van der Waals surface area contributed by atoms with E-state index in [1.54, 1.807) is 0 Å². The minimum atomic E-state index is 0.0474. The maximum atomic E-state index is 5.49. The molecule has 0 fully saturated rings. The molecule has 1 aromatic rings. The van der Waals surface area contributed by atoms with E-state index in [0.717, 1.165) is 11.1 Å². The Morgan fingerprint density at radius 1 is 1.20 bits per heavy atom. The van der Waals surface area contributed by atoms with Crippen molar-refractivity contribution in [1.29, 1.82) is 0 Å². The van der Waals surface area contributed by atoms with Gasteiger partial charge in [-0.15, -0.1) is 0 Å². The lowest BCUT2D eigenvalue weighted by Gasteiger charge is -2.17. The Kier molecular flexibility index (Phi) is 4.06. The van der Waals surface area contributed by atoms with E-state index in [1.807, 2.05) is 6.92 Å². The van der Waals surface area contributed by atoms with Crippen molar-refractivity contribution in [2.24, 2.45) is 5.84 Å². The summed E-state index contributed by atoms with van der Waals surface area (Å²) in [6.07, 6.45) is 0. The van der Waals surface area contributed by atoms with Crippen molar-refractivity contribution >= 4 is 0 Å². The maximum absolute atomic E-state index is 5.49.